The van der Waals surface area contributed by atoms with Crippen molar-refractivity contribution in [1.82, 2.24) is 14.7 Å². The van der Waals surface area contributed by atoms with E-state index in [0.29, 0.717) is 39.1 Å². The number of para-hydroxylation sites is 1. The van der Waals surface area contributed by atoms with Crippen LogP contribution in [-0.2, 0) is 15.7 Å². The van der Waals surface area contributed by atoms with Gasteiger partial charge in [-0.05, 0) is 12.1 Å². The molecule has 0 radical (unpaired) electrons. The Balaban J connectivity index is 1.65. The van der Waals surface area contributed by atoms with Gasteiger partial charge in [0.2, 0.25) is 0 Å². The molecule has 0 unspecified atom stereocenters. The highest BCUT2D eigenvalue weighted by Crippen LogP contribution is 2.34. The molecule has 1 aromatic heterocycles. The van der Waals surface area contributed by atoms with Crippen LogP contribution < -0.4 is 0 Å². The molecule has 6 nitrogen and oxygen atoms in total. The number of carbonyl (C=O) groups excluding carboxylic acids is 1. The SMILES string of the molecule is O=C(c1cc(C(F)(F)F)nn1-c1ccccc1Cl)N1CCC2(CC1)OCCO2. The van der Waals surface area contributed by atoms with E-state index in [2.05, 4.69) is 5.10 Å². The van der Waals surface area contributed by atoms with Crippen molar-refractivity contribution in [3.63, 3.8) is 0 Å². The van der Waals surface area contributed by atoms with Crippen molar-refractivity contribution in [3.05, 3.63) is 46.7 Å². The van der Waals surface area contributed by atoms with E-state index >= 15 is 0 Å². The van der Waals surface area contributed by atoms with Crippen LogP contribution in [0.25, 0.3) is 5.69 Å². The topological polar surface area (TPSA) is 56.6 Å². The molecule has 0 N–H and O–H groups in total. The highest BCUT2D eigenvalue weighted by Gasteiger charge is 2.42. The van der Waals surface area contributed by atoms with E-state index < -0.39 is 23.6 Å². The molecule has 3 heterocycles. The number of nitrogens with zero attached hydrogens (tertiary/aromatic N) is 3. The Bertz CT molecular complexity index is 884. The summed E-state index contributed by atoms with van der Waals surface area (Å²) in [5, 5.41) is 3.80. The number of rotatable bonds is 2. The number of amides is 1. The number of aromatic nitrogens is 2. The molecule has 2 fully saturated rings. The minimum absolute atomic E-state index is 0.190. The van der Waals surface area contributed by atoms with Crippen molar-refractivity contribution in [2.75, 3.05) is 26.3 Å². The smallest absolute Gasteiger partial charge is 0.347 e. The first-order valence-corrected chi connectivity index (χ1v) is 9.16. The highest BCUT2D eigenvalue weighted by atomic mass is 35.5. The van der Waals surface area contributed by atoms with Crippen LogP contribution in [0.2, 0.25) is 5.02 Å². The first-order chi connectivity index (χ1) is 13.3. The number of likely N-dealkylation sites (tertiary alicyclic amines) is 1. The summed E-state index contributed by atoms with van der Waals surface area (Å²) in [4.78, 5) is 14.5. The summed E-state index contributed by atoms with van der Waals surface area (Å²) in [5.41, 5.74) is -1.13. The molecule has 1 spiro atoms. The summed E-state index contributed by atoms with van der Waals surface area (Å²) in [6.07, 6.45) is -3.75. The number of hydrogen-bond donors (Lipinski definition) is 0. The molecular formula is C18H17ClF3N3O3. The second kappa shape index (κ2) is 7.06. The number of carbonyl (C=O) groups is 1. The second-order valence-electron chi connectivity index (χ2n) is 6.68. The minimum Gasteiger partial charge on any atom is -0.347 e. The predicted octanol–water partition coefficient (Wildman–Crippen LogP) is 3.52. The van der Waals surface area contributed by atoms with Gasteiger partial charge < -0.3 is 14.4 Å². The fraction of sp³-hybridized carbons (Fsp3) is 0.444. The maximum atomic E-state index is 13.2. The summed E-state index contributed by atoms with van der Waals surface area (Å²) in [6, 6.07) is 7.06. The Morgan fingerprint density at radius 2 is 1.79 bits per heavy atom. The van der Waals surface area contributed by atoms with Gasteiger partial charge in [0.1, 0.15) is 5.69 Å². The molecule has 28 heavy (non-hydrogen) atoms. The molecule has 2 saturated heterocycles. The lowest BCUT2D eigenvalue weighted by Gasteiger charge is -2.37. The van der Waals surface area contributed by atoms with Crippen LogP contribution in [0, 0.1) is 0 Å². The fourth-order valence-corrected chi connectivity index (χ4v) is 3.69. The van der Waals surface area contributed by atoms with E-state index in [-0.39, 0.29) is 16.4 Å². The van der Waals surface area contributed by atoms with Crippen molar-refractivity contribution in [3.8, 4) is 5.69 Å². The maximum absolute atomic E-state index is 13.2. The van der Waals surface area contributed by atoms with Crippen LogP contribution in [0.4, 0.5) is 13.2 Å². The van der Waals surface area contributed by atoms with Crippen molar-refractivity contribution >= 4 is 17.5 Å². The lowest BCUT2D eigenvalue weighted by atomic mass is 10.0. The summed E-state index contributed by atoms with van der Waals surface area (Å²) < 4.78 is 51.9. The zero-order valence-electron chi connectivity index (χ0n) is 14.7. The van der Waals surface area contributed by atoms with Crippen LogP contribution in [0.1, 0.15) is 29.0 Å². The molecular weight excluding hydrogens is 399 g/mol. The molecule has 2 aliphatic rings. The zero-order valence-corrected chi connectivity index (χ0v) is 15.5. The Labute approximate surface area is 163 Å². The zero-order chi connectivity index (χ0) is 19.9. The van der Waals surface area contributed by atoms with Crippen molar-refractivity contribution in [1.29, 1.82) is 0 Å². The average molecular weight is 416 g/mol. The number of halogens is 4. The van der Waals surface area contributed by atoms with Crippen molar-refractivity contribution in [2.45, 2.75) is 24.8 Å². The third kappa shape index (κ3) is 3.49. The van der Waals surface area contributed by atoms with Gasteiger partial charge >= 0.3 is 6.18 Å². The van der Waals surface area contributed by atoms with E-state index in [9.17, 15) is 18.0 Å². The van der Waals surface area contributed by atoms with Crippen LogP contribution in [0.3, 0.4) is 0 Å². The molecule has 4 rings (SSSR count). The lowest BCUT2D eigenvalue weighted by Crippen LogP contribution is -2.47. The molecule has 0 bridgehead atoms. The van der Waals surface area contributed by atoms with E-state index in [0.717, 1.165) is 10.7 Å². The Kier molecular flexibility index (Phi) is 4.84. The van der Waals surface area contributed by atoms with Gasteiger partial charge in [0.05, 0.1) is 23.9 Å². The van der Waals surface area contributed by atoms with E-state index in [1.54, 1.807) is 12.1 Å². The monoisotopic (exact) mass is 415 g/mol. The van der Waals surface area contributed by atoms with Gasteiger partial charge in [-0.2, -0.15) is 18.3 Å². The number of piperidine rings is 1. The molecule has 150 valence electrons. The third-order valence-corrected chi connectivity index (χ3v) is 5.25. The van der Waals surface area contributed by atoms with E-state index in [1.807, 2.05) is 0 Å². The summed E-state index contributed by atoms with van der Waals surface area (Å²) in [7, 11) is 0. The van der Waals surface area contributed by atoms with E-state index in [1.165, 1.54) is 17.0 Å². The molecule has 10 heteroatoms. The predicted molar refractivity (Wildman–Crippen MR) is 93.3 cm³/mol. The van der Waals surface area contributed by atoms with Gasteiger partial charge in [-0.3, -0.25) is 4.79 Å². The normalized spacial score (nSPS) is 19.4. The molecule has 0 atom stereocenters. The van der Waals surface area contributed by atoms with Crippen molar-refractivity contribution in [2.24, 2.45) is 0 Å². The van der Waals surface area contributed by atoms with Gasteiger partial charge in [0.15, 0.2) is 11.5 Å². The quantitative estimate of drug-likeness (QED) is 0.753. The van der Waals surface area contributed by atoms with Gasteiger partial charge in [0.25, 0.3) is 5.91 Å². The van der Waals surface area contributed by atoms with Gasteiger partial charge in [0, 0.05) is 32.0 Å². The molecule has 2 aromatic rings. The van der Waals surface area contributed by atoms with Crippen molar-refractivity contribution < 1.29 is 27.4 Å². The lowest BCUT2D eigenvalue weighted by molar-refractivity contribution is -0.181. The van der Waals surface area contributed by atoms with Crippen LogP contribution in [0.15, 0.2) is 30.3 Å². The maximum Gasteiger partial charge on any atom is 0.435 e. The Hall–Kier alpha value is -2.10. The second-order valence-corrected chi connectivity index (χ2v) is 7.08. The summed E-state index contributed by atoms with van der Waals surface area (Å²) in [5.74, 6) is -1.23. The molecule has 1 amide bonds. The van der Waals surface area contributed by atoms with Crippen LogP contribution >= 0.6 is 11.6 Å². The summed E-state index contributed by atoms with van der Waals surface area (Å²) >= 11 is 6.13. The largest absolute Gasteiger partial charge is 0.435 e. The first kappa shape index (κ1) is 19.2. The third-order valence-electron chi connectivity index (χ3n) is 4.93. The molecule has 0 aliphatic carbocycles. The number of hydrogen-bond acceptors (Lipinski definition) is 4. The molecule has 0 saturated carbocycles. The Morgan fingerprint density at radius 3 is 2.39 bits per heavy atom. The molecule has 1 aromatic carbocycles. The number of benzene rings is 1. The van der Waals surface area contributed by atoms with Gasteiger partial charge in [-0.15, -0.1) is 0 Å². The van der Waals surface area contributed by atoms with Gasteiger partial charge in [-0.1, -0.05) is 23.7 Å². The average Bonchev–Trinajstić information content (AvgIpc) is 3.30. The standard InChI is InChI=1S/C18H17ClF3N3O3/c19-12-3-1-2-4-13(12)25-14(11-15(23-25)18(20,21)22)16(26)24-7-5-17(6-8-24)27-9-10-28-17/h1-4,11H,5-10H2. The highest BCUT2D eigenvalue weighted by molar-refractivity contribution is 6.32. The van der Waals surface area contributed by atoms with E-state index in [4.69, 9.17) is 21.1 Å². The Morgan fingerprint density at radius 1 is 1.14 bits per heavy atom. The fourth-order valence-electron chi connectivity index (χ4n) is 3.48. The first-order valence-electron chi connectivity index (χ1n) is 8.78. The molecule has 2 aliphatic heterocycles. The summed E-state index contributed by atoms with van der Waals surface area (Å²) in [6.45, 7) is 1.63. The van der Waals surface area contributed by atoms with Crippen LogP contribution in [0.5, 0.6) is 0 Å². The number of alkyl halides is 3. The van der Waals surface area contributed by atoms with Crippen LogP contribution in [-0.4, -0.2) is 52.7 Å². The van der Waals surface area contributed by atoms with Gasteiger partial charge in [-0.25, -0.2) is 4.68 Å². The minimum atomic E-state index is -4.68. The number of ether oxygens (including phenoxy) is 2.